The second kappa shape index (κ2) is 8.69. The molecule has 4 rings (SSSR count). The fourth-order valence-corrected chi connectivity index (χ4v) is 4.15. The molecule has 162 valence electrons. The average Bonchev–Trinajstić information content (AvgIpc) is 3.13. The van der Waals surface area contributed by atoms with Gasteiger partial charge in [0.1, 0.15) is 5.54 Å². The van der Waals surface area contributed by atoms with Crippen molar-refractivity contribution in [2.24, 2.45) is 0 Å². The number of carbonyl (C=O) groups excluding carboxylic acids is 2. The van der Waals surface area contributed by atoms with Gasteiger partial charge in [-0.25, -0.2) is 4.98 Å². The molecule has 1 aromatic heterocycles. The van der Waals surface area contributed by atoms with E-state index in [0.717, 1.165) is 16.6 Å². The summed E-state index contributed by atoms with van der Waals surface area (Å²) in [7, 11) is 1.58. The molecule has 31 heavy (non-hydrogen) atoms. The summed E-state index contributed by atoms with van der Waals surface area (Å²) in [5, 5.41) is 3.57. The fourth-order valence-electron chi connectivity index (χ4n) is 4.03. The number of carbonyl (C=O) groups is 2. The summed E-state index contributed by atoms with van der Waals surface area (Å²) in [4.78, 5) is 33.0. The zero-order chi connectivity index (χ0) is 22.0. The Morgan fingerprint density at radius 3 is 2.71 bits per heavy atom. The number of amides is 2. The number of hydrogen-bond donors (Lipinski definition) is 1. The van der Waals surface area contributed by atoms with E-state index in [1.165, 1.54) is 0 Å². The van der Waals surface area contributed by atoms with Gasteiger partial charge in [-0.1, -0.05) is 35.9 Å². The van der Waals surface area contributed by atoms with Gasteiger partial charge in [-0.2, -0.15) is 0 Å². The van der Waals surface area contributed by atoms with Crippen molar-refractivity contribution in [3.8, 4) is 0 Å². The molecule has 0 fully saturated rings. The van der Waals surface area contributed by atoms with Gasteiger partial charge in [0.25, 0.3) is 5.91 Å². The Bertz CT molecular complexity index is 1110. The largest absolute Gasteiger partial charge is 0.383 e. The molecule has 2 amide bonds. The van der Waals surface area contributed by atoms with Gasteiger partial charge in [0, 0.05) is 25.2 Å². The molecule has 2 heterocycles. The number of nitrogens with zero attached hydrogens (tertiary/aromatic N) is 3. The predicted molar refractivity (Wildman–Crippen MR) is 119 cm³/mol. The van der Waals surface area contributed by atoms with Crippen molar-refractivity contribution < 1.29 is 14.3 Å². The minimum absolute atomic E-state index is 0.211. The smallest absolute Gasteiger partial charge is 0.290 e. The maximum Gasteiger partial charge on any atom is 0.290 e. The lowest BCUT2D eigenvalue weighted by atomic mass is 9.94. The maximum absolute atomic E-state index is 13.5. The first-order chi connectivity index (χ1) is 14.9. The highest BCUT2D eigenvalue weighted by Crippen LogP contribution is 2.30. The lowest BCUT2D eigenvalue weighted by Crippen LogP contribution is -2.64. The van der Waals surface area contributed by atoms with Crippen molar-refractivity contribution in [2.75, 3.05) is 26.8 Å². The Balaban J connectivity index is 1.68. The predicted octanol–water partition coefficient (Wildman–Crippen LogP) is 2.91. The standard InChI is InChI=1S/C23H25ClN4O3/c1-23(22(30)25-12-14-31-2)15-27-19-6-4-3-5-18(19)26-20(27)21(29)28(23)13-11-16-7-9-17(24)10-8-16/h3-10H,11-15H2,1-2H3,(H,25,30)/t23-/m1/s1. The third-order valence-corrected chi connectivity index (χ3v) is 6.02. The van der Waals surface area contributed by atoms with E-state index in [2.05, 4.69) is 10.3 Å². The number of imidazole rings is 1. The Morgan fingerprint density at radius 1 is 1.23 bits per heavy atom. The van der Waals surface area contributed by atoms with Crippen LogP contribution in [0.5, 0.6) is 0 Å². The summed E-state index contributed by atoms with van der Waals surface area (Å²) in [6, 6.07) is 15.1. The third kappa shape index (κ3) is 4.03. The monoisotopic (exact) mass is 440 g/mol. The zero-order valence-corrected chi connectivity index (χ0v) is 18.4. The number of ether oxygens (including phenoxy) is 1. The number of nitrogens with one attached hydrogen (secondary N) is 1. The first kappa shape index (κ1) is 21.3. The van der Waals surface area contributed by atoms with Crippen LogP contribution in [-0.2, 0) is 22.5 Å². The van der Waals surface area contributed by atoms with Crippen LogP contribution in [0.4, 0.5) is 0 Å². The van der Waals surface area contributed by atoms with Crippen LogP contribution in [0.25, 0.3) is 11.0 Å². The van der Waals surface area contributed by atoms with Gasteiger partial charge in [0.05, 0.1) is 24.2 Å². The molecular formula is C23H25ClN4O3. The van der Waals surface area contributed by atoms with Crippen LogP contribution in [0.1, 0.15) is 23.1 Å². The van der Waals surface area contributed by atoms with Crippen LogP contribution in [0.2, 0.25) is 5.02 Å². The Hall–Kier alpha value is -2.90. The molecule has 2 aromatic carbocycles. The van der Waals surface area contributed by atoms with E-state index >= 15 is 0 Å². The fraction of sp³-hybridized carbons (Fsp3) is 0.348. The van der Waals surface area contributed by atoms with Crippen molar-refractivity contribution in [3.63, 3.8) is 0 Å². The Labute approximate surface area is 186 Å². The van der Waals surface area contributed by atoms with Gasteiger partial charge in [0.2, 0.25) is 5.91 Å². The molecule has 0 unspecified atom stereocenters. The summed E-state index contributed by atoms with van der Waals surface area (Å²) in [6.07, 6.45) is 0.601. The van der Waals surface area contributed by atoms with E-state index in [9.17, 15) is 9.59 Å². The summed E-state index contributed by atoms with van der Waals surface area (Å²) in [5.74, 6) is -0.0993. The van der Waals surface area contributed by atoms with Crippen LogP contribution < -0.4 is 5.32 Å². The van der Waals surface area contributed by atoms with E-state index in [-0.39, 0.29) is 11.8 Å². The van der Waals surface area contributed by atoms with Crippen molar-refractivity contribution in [1.82, 2.24) is 19.8 Å². The number of para-hydroxylation sites is 2. The van der Waals surface area contributed by atoms with E-state index in [4.69, 9.17) is 16.3 Å². The average molecular weight is 441 g/mol. The number of aromatic nitrogens is 2. The molecule has 7 nitrogen and oxygen atoms in total. The lowest BCUT2D eigenvalue weighted by molar-refractivity contribution is -0.133. The summed E-state index contributed by atoms with van der Waals surface area (Å²) in [5.41, 5.74) is 1.57. The van der Waals surface area contributed by atoms with Crippen molar-refractivity contribution >= 4 is 34.4 Å². The Kier molecular flexibility index (Phi) is 5.98. The van der Waals surface area contributed by atoms with E-state index in [0.29, 0.717) is 43.5 Å². The normalized spacial score (nSPS) is 18.3. The third-order valence-electron chi connectivity index (χ3n) is 5.77. The highest BCUT2D eigenvalue weighted by molar-refractivity contribution is 6.30. The first-order valence-corrected chi connectivity index (χ1v) is 10.6. The van der Waals surface area contributed by atoms with Crippen LogP contribution in [0.15, 0.2) is 48.5 Å². The topological polar surface area (TPSA) is 76.5 Å². The second-order valence-electron chi connectivity index (χ2n) is 7.87. The molecule has 0 bridgehead atoms. The molecule has 8 heteroatoms. The number of benzene rings is 2. The quantitative estimate of drug-likeness (QED) is 0.573. The summed E-state index contributed by atoms with van der Waals surface area (Å²) < 4.78 is 6.91. The van der Waals surface area contributed by atoms with Gasteiger partial charge < -0.3 is 19.5 Å². The van der Waals surface area contributed by atoms with Crippen LogP contribution >= 0.6 is 11.6 Å². The number of halogens is 1. The molecular weight excluding hydrogens is 416 g/mol. The van der Waals surface area contributed by atoms with Gasteiger partial charge in [-0.05, 0) is 43.2 Å². The molecule has 0 spiro atoms. The summed E-state index contributed by atoms with van der Waals surface area (Å²) >= 11 is 5.99. The molecule has 0 radical (unpaired) electrons. The number of rotatable bonds is 7. The highest BCUT2D eigenvalue weighted by atomic mass is 35.5. The Morgan fingerprint density at radius 2 is 1.97 bits per heavy atom. The lowest BCUT2D eigenvalue weighted by Gasteiger charge is -2.43. The van der Waals surface area contributed by atoms with Crippen molar-refractivity contribution in [3.05, 3.63) is 64.9 Å². The number of fused-ring (bicyclic) bond motifs is 3. The van der Waals surface area contributed by atoms with Crippen LogP contribution in [0.3, 0.4) is 0 Å². The maximum atomic E-state index is 13.5. The second-order valence-corrected chi connectivity index (χ2v) is 8.30. The molecule has 3 aromatic rings. The molecule has 0 saturated carbocycles. The molecule has 0 aliphatic carbocycles. The minimum Gasteiger partial charge on any atom is -0.383 e. The molecule has 1 aliphatic rings. The summed E-state index contributed by atoms with van der Waals surface area (Å²) in [6.45, 7) is 3.31. The van der Waals surface area contributed by atoms with Crippen LogP contribution in [-0.4, -0.2) is 58.6 Å². The van der Waals surface area contributed by atoms with E-state index in [1.54, 1.807) is 12.0 Å². The van der Waals surface area contributed by atoms with Gasteiger partial charge >= 0.3 is 0 Å². The number of methoxy groups -OCH3 is 1. The van der Waals surface area contributed by atoms with Gasteiger partial charge in [-0.3, -0.25) is 9.59 Å². The van der Waals surface area contributed by atoms with Crippen molar-refractivity contribution in [2.45, 2.75) is 25.4 Å². The molecule has 0 saturated heterocycles. The minimum atomic E-state index is -1.06. The number of hydrogen-bond acceptors (Lipinski definition) is 4. The van der Waals surface area contributed by atoms with E-state index < -0.39 is 5.54 Å². The zero-order valence-electron chi connectivity index (χ0n) is 17.6. The molecule has 1 aliphatic heterocycles. The first-order valence-electron chi connectivity index (χ1n) is 10.2. The van der Waals surface area contributed by atoms with Gasteiger partial charge in [0.15, 0.2) is 5.82 Å². The van der Waals surface area contributed by atoms with Gasteiger partial charge in [-0.15, -0.1) is 0 Å². The van der Waals surface area contributed by atoms with Crippen LogP contribution in [0, 0.1) is 0 Å². The highest BCUT2D eigenvalue weighted by Gasteiger charge is 2.48. The SMILES string of the molecule is COCCNC(=O)[C@@]1(C)Cn2c(nc3ccccc32)C(=O)N1CCc1ccc(Cl)cc1. The molecule has 1 N–H and O–H groups in total. The molecule has 1 atom stereocenters. The van der Waals surface area contributed by atoms with Crippen molar-refractivity contribution in [1.29, 1.82) is 0 Å². The van der Waals surface area contributed by atoms with E-state index in [1.807, 2.05) is 60.0 Å².